The summed E-state index contributed by atoms with van der Waals surface area (Å²) in [6.45, 7) is 2.32. The second-order valence-electron chi connectivity index (χ2n) is 6.95. The zero-order valence-electron chi connectivity index (χ0n) is 15.8. The molecular formula is C21H18N6O2. The molecule has 0 unspecified atom stereocenters. The van der Waals surface area contributed by atoms with Gasteiger partial charge in [0.05, 0.1) is 6.61 Å². The van der Waals surface area contributed by atoms with Crippen molar-refractivity contribution in [1.82, 2.24) is 30.8 Å². The predicted molar refractivity (Wildman–Crippen MR) is 106 cm³/mol. The quantitative estimate of drug-likeness (QED) is 0.448. The van der Waals surface area contributed by atoms with Gasteiger partial charge < -0.3 is 4.74 Å². The van der Waals surface area contributed by atoms with E-state index >= 15 is 0 Å². The number of carbonyl (C=O) groups excluding carboxylic acids is 1. The summed E-state index contributed by atoms with van der Waals surface area (Å²) in [4.78, 5) is 12.3. The third kappa shape index (κ3) is 2.98. The molecule has 0 bridgehead atoms. The molecule has 2 heterocycles. The minimum atomic E-state index is -0.437. The smallest absolute Gasteiger partial charge is 0.358 e. The molecule has 8 heteroatoms. The van der Waals surface area contributed by atoms with Crippen LogP contribution in [0.2, 0.25) is 0 Å². The van der Waals surface area contributed by atoms with Crippen molar-refractivity contribution < 1.29 is 9.53 Å². The highest BCUT2D eigenvalue weighted by molar-refractivity contribution is 5.94. The van der Waals surface area contributed by atoms with Crippen LogP contribution in [0.1, 0.15) is 35.0 Å². The number of esters is 1. The Morgan fingerprint density at radius 2 is 1.79 bits per heavy atom. The molecule has 1 aliphatic rings. The van der Waals surface area contributed by atoms with Gasteiger partial charge in [-0.1, -0.05) is 41.6 Å². The Balaban J connectivity index is 1.47. The van der Waals surface area contributed by atoms with Gasteiger partial charge in [0.25, 0.3) is 0 Å². The van der Waals surface area contributed by atoms with E-state index in [1.807, 2.05) is 13.0 Å². The Kier molecular flexibility index (Phi) is 4.16. The molecule has 0 fully saturated rings. The molecule has 2 aromatic carbocycles. The SMILES string of the molecule is CCCOC(=O)c1[nH]nnc1-c1ccc2c(c1)Cc1cc(-c3c[nH]nn3)ccc1-2. The number of nitrogens with zero attached hydrogens (tertiary/aromatic N) is 4. The monoisotopic (exact) mass is 386 g/mol. The van der Waals surface area contributed by atoms with Gasteiger partial charge in [0, 0.05) is 17.3 Å². The Bertz CT molecular complexity index is 1200. The summed E-state index contributed by atoms with van der Waals surface area (Å²) in [7, 11) is 0. The molecule has 144 valence electrons. The van der Waals surface area contributed by atoms with Crippen molar-refractivity contribution in [3.8, 4) is 33.6 Å². The number of aromatic amines is 2. The van der Waals surface area contributed by atoms with Gasteiger partial charge in [0.15, 0.2) is 5.69 Å². The van der Waals surface area contributed by atoms with E-state index in [9.17, 15) is 4.79 Å². The largest absolute Gasteiger partial charge is 0.461 e. The molecule has 0 radical (unpaired) electrons. The molecular weight excluding hydrogens is 368 g/mol. The van der Waals surface area contributed by atoms with Crippen molar-refractivity contribution in [2.24, 2.45) is 0 Å². The van der Waals surface area contributed by atoms with Crippen LogP contribution in [-0.4, -0.2) is 43.4 Å². The first-order chi connectivity index (χ1) is 14.2. The van der Waals surface area contributed by atoms with E-state index < -0.39 is 5.97 Å². The highest BCUT2D eigenvalue weighted by Crippen LogP contribution is 2.40. The molecule has 0 atom stereocenters. The summed E-state index contributed by atoms with van der Waals surface area (Å²) in [5, 5.41) is 21.2. The topological polar surface area (TPSA) is 109 Å². The Labute approximate surface area is 166 Å². The van der Waals surface area contributed by atoms with Gasteiger partial charge in [0.2, 0.25) is 0 Å². The van der Waals surface area contributed by atoms with Crippen LogP contribution in [-0.2, 0) is 11.2 Å². The fraction of sp³-hybridized carbons (Fsp3) is 0.190. The van der Waals surface area contributed by atoms with Crippen LogP contribution in [0.25, 0.3) is 33.6 Å². The first-order valence-electron chi connectivity index (χ1n) is 9.46. The van der Waals surface area contributed by atoms with Gasteiger partial charge in [-0.25, -0.2) is 4.79 Å². The Morgan fingerprint density at radius 3 is 2.52 bits per heavy atom. The molecule has 2 aromatic heterocycles. The van der Waals surface area contributed by atoms with E-state index in [0.717, 1.165) is 29.7 Å². The molecule has 29 heavy (non-hydrogen) atoms. The number of rotatable bonds is 5. The molecule has 0 spiro atoms. The number of fused-ring (bicyclic) bond motifs is 3. The van der Waals surface area contributed by atoms with Crippen LogP contribution in [0, 0.1) is 0 Å². The number of H-pyrrole nitrogens is 2. The minimum absolute atomic E-state index is 0.280. The molecule has 0 amide bonds. The van der Waals surface area contributed by atoms with Gasteiger partial charge in [-0.15, -0.1) is 10.2 Å². The van der Waals surface area contributed by atoms with E-state index in [2.05, 4.69) is 61.2 Å². The highest BCUT2D eigenvalue weighted by atomic mass is 16.5. The lowest BCUT2D eigenvalue weighted by Crippen LogP contribution is -2.08. The zero-order chi connectivity index (χ0) is 19.8. The highest BCUT2D eigenvalue weighted by Gasteiger charge is 2.23. The number of benzene rings is 2. The summed E-state index contributed by atoms with van der Waals surface area (Å²) >= 11 is 0. The summed E-state index contributed by atoms with van der Waals surface area (Å²) in [5.74, 6) is -0.437. The molecule has 0 aliphatic heterocycles. The van der Waals surface area contributed by atoms with Crippen LogP contribution in [0.4, 0.5) is 0 Å². The zero-order valence-corrected chi connectivity index (χ0v) is 15.8. The van der Waals surface area contributed by atoms with E-state index in [-0.39, 0.29) is 5.69 Å². The van der Waals surface area contributed by atoms with Gasteiger partial charge in [-0.3, -0.25) is 10.2 Å². The number of hydrogen-bond acceptors (Lipinski definition) is 6. The number of nitrogens with one attached hydrogen (secondary N) is 2. The van der Waals surface area contributed by atoms with Gasteiger partial charge in [-0.05, 0) is 47.2 Å². The number of carbonyl (C=O) groups is 1. The molecule has 0 saturated carbocycles. The maximum absolute atomic E-state index is 12.3. The molecule has 4 aromatic rings. The van der Waals surface area contributed by atoms with Crippen molar-refractivity contribution in [2.45, 2.75) is 19.8 Å². The average Bonchev–Trinajstić information content (AvgIpc) is 3.50. The normalized spacial score (nSPS) is 11.9. The number of ether oxygens (including phenoxy) is 1. The lowest BCUT2D eigenvalue weighted by atomic mass is 10.0. The van der Waals surface area contributed by atoms with Crippen LogP contribution >= 0.6 is 0 Å². The molecule has 2 N–H and O–H groups in total. The second kappa shape index (κ2) is 6.97. The first kappa shape index (κ1) is 17.3. The maximum Gasteiger partial charge on any atom is 0.358 e. The van der Waals surface area contributed by atoms with E-state index in [1.54, 1.807) is 6.20 Å². The van der Waals surface area contributed by atoms with E-state index in [1.165, 1.54) is 22.3 Å². The van der Waals surface area contributed by atoms with Crippen molar-refractivity contribution in [1.29, 1.82) is 0 Å². The third-order valence-electron chi connectivity index (χ3n) is 5.06. The Morgan fingerprint density at radius 1 is 1.03 bits per heavy atom. The molecule has 8 nitrogen and oxygen atoms in total. The molecule has 0 saturated heterocycles. The fourth-order valence-electron chi connectivity index (χ4n) is 3.70. The van der Waals surface area contributed by atoms with Crippen molar-refractivity contribution in [3.63, 3.8) is 0 Å². The van der Waals surface area contributed by atoms with Crippen molar-refractivity contribution in [3.05, 3.63) is 59.4 Å². The summed E-state index contributed by atoms with van der Waals surface area (Å²) in [6, 6.07) is 12.4. The maximum atomic E-state index is 12.3. The van der Waals surface area contributed by atoms with E-state index in [4.69, 9.17) is 4.74 Å². The second-order valence-corrected chi connectivity index (χ2v) is 6.95. The van der Waals surface area contributed by atoms with Gasteiger partial charge >= 0.3 is 5.97 Å². The predicted octanol–water partition coefficient (Wildman–Crippen LogP) is 3.39. The van der Waals surface area contributed by atoms with Crippen LogP contribution in [0.5, 0.6) is 0 Å². The minimum Gasteiger partial charge on any atom is -0.461 e. The van der Waals surface area contributed by atoms with Gasteiger partial charge in [-0.2, -0.15) is 0 Å². The van der Waals surface area contributed by atoms with Crippen LogP contribution in [0.15, 0.2) is 42.6 Å². The summed E-state index contributed by atoms with van der Waals surface area (Å²) in [5.41, 5.74) is 8.30. The first-order valence-corrected chi connectivity index (χ1v) is 9.46. The lowest BCUT2D eigenvalue weighted by molar-refractivity contribution is 0.0499. The fourth-order valence-corrected chi connectivity index (χ4v) is 3.70. The van der Waals surface area contributed by atoms with Crippen molar-refractivity contribution in [2.75, 3.05) is 6.61 Å². The molecule has 1 aliphatic carbocycles. The summed E-state index contributed by atoms with van der Waals surface area (Å²) < 4.78 is 5.23. The third-order valence-corrected chi connectivity index (χ3v) is 5.06. The number of aromatic nitrogens is 6. The molecule has 5 rings (SSSR count). The average molecular weight is 386 g/mol. The standard InChI is InChI=1S/C21H18N6O2/c1-2-7-29-21(28)20-19(24-27-25-20)13-4-6-17-15(9-13)10-14-8-12(3-5-16(14)17)18-11-22-26-23-18/h3-6,8-9,11H,2,7,10H2,1H3,(H,22,23,26)(H,24,25,27). The Hall–Kier alpha value is -3.81. The van der Waals surface area contributed by atoms with Crippen molar-refractivity contribution >= 4 is 5.97 Å². The van der Waals surface area contributed by atoms with Gasteiger partial charge in [0.1, 0.15) is 11.4 Å². The lowest BCUT2D eigenvalue weighted by Gasteiger charge is -2.06. The number of hydrogen-bond donors (Lipinski definition) is 2. The summed E-state index contributed by atoms with van der Waals surface area (Å²) in [6.07, 6.45) is 3.35. The van der Waals surface area contributed by atoms with Crippen LogP contribution in [0.3, 0.4) is 0 Å². The van der Waals surface area contributed by atoms with E-state index in [0.29, 0.717) is 12.3 Å². The van der Waals surface area contributed by atoms with Crippen LogP contribution < -0.4 is 0 Å².